The molecule has 0 spiro atoms. The van der Waals surface area contributed by atoms with Crippen molar-refractivity contribution in [2.45, 2.75) is 56.6 Å². The van der Waals surface area contributed by atoms with E-state index in [1.54, 1.807) is 24.3 Å². The maximum atomic E-state index is 13.6. The highest BCUT2D eigenvalue weighted by Gasteiger charge is 2.36. The molecule has 0 radical (unpaired) electrons. The van der Waals surface area contributed by atoms with Gasteiger partial charge in [-0.25, -0.2) is 22.2 Å². The Bertz CT molecular complexity index is 890. The van der Waals surface area contributed by atoms with Crippen LogP contribution in [0.2, 0.25) is 0 Å². The fourth-order valence-electron chi connectivity index (χ4n) is 5.28. The van der Waals surface area contributed by atoms with Crippen LogP contribution in [0.4, 0.5) is 13.2 Å². The Morgan fingerprint density at radius 2 is 1.94 bits per heavy atom. The molecular weight excluding hydrogens is 487 g/mol. The van der Waals surface area contributed by atoms with Crippen molar-refractivity contribution in [2.24, 2.45) is 23.3 Å². The van der Waals surface area contributed by atoms with Crippen LogP contribution in [0.1, 0.15) is 43.6 Å². The number of nitrogens with one attached hydrogen (secondary N) is 1. The topological polar surface area (TPSA) is 79.8 Å². The number of hydrogen-bond donors (Lipinski definition) is 3. The summed E-state index contributed by atoms with van der Waals surface area (Å²) in [5.41, 5.74) is 12.8. The third-order valence-corrected chi connectivity index (χ3v) is 8.55. The van der Waals surface area contributed by atoms with Crippen molar-refractivity contribution < 1.29 is 17.9 Å². The van der Waals surface area contributed by atoms with Gasteiger partial charge in [0.1, 0.15) is 5.82 Å². The summed E-state index contributed by atoms with van der Waals surface area (Å²) in [5, 5.41) is 0. The number of hydrogen-bond acceptors (Lipinski definition) is 7. The van der Waals surface area contributed by atoms with Gasteiger partial charge in [0.05, 0.1) is 18.5 Å². The van der Waals surface area contributed by atoms with Gasteiger partial charge in [0.25, 0.3) is 0 Å². The highest BCUT2D eigenvalue weighted by Crippen LogP contribution is 2.35. The fraction of sp³-hybridized carbons (Fsp3) is 0.615. The largest absolute Gasteiger partial charge is 0.405 e. The number of alkyl halides is 2. The third-order valence-electron chi connectivity index (χ3n) is 7.58. The zero-order chi connectivity index (χ0) is 25.5. The van der Waals surface area contributed by atoms with Crippen LogP contribution in [0.15, 0.2) is 48.4 Å². The molecule has 2 heterocycles. The Labute approximate surface area is 216 Å². The minimum absolute atomic E-state index is 0.178. The number of nitrogens with two attached hydrogens (primary N) is 2. The number of likely N-dealkylation sites (tertiary alicyclic amines) is 1. The van der Waals surface area contributed by atoms with E-state index in [0.717, 1.165) is 50.8 Å². The van der Waals surface area contributed by atoms with Crippen LogP contribution in [0, 0.1) is 17.7 Å². The first-order valence-electron chi connectivity index (χ1n) is 12.8. The van der Waals surface area contributed by atoms with Crippen molar-refractivity contribution in [3.63, 3.8) is 0 Å². The van der Waals surface area contributed by atoms with E-state index >= 15 is 0 Å². The average Bonchev–Trinajstić information content (AvgIpc) is 2.85. The number of nitrogens with zero attached hydrogens (tertiary/aromatic N) is 2. The average molecular weight is 526 g/mol. The predicted molar refractivity (Wildman–Crippen MR) is 138 cm³/mol. The van der Waals surface area contributed by atoms with Gasteiger partial charge in [-0.2, -0.15) is 0 Å². The predicted octanol–water partition coefficient (Wildman–Crippen LogP) is 4.18. The standard InChI is InChI=1S/C26H38F3N5OS/c27-22-4-1-3-19(13-22)18-6-8-23(9-7-18)35-17-21-14-33(25(31)5-2-11-30)12-10-24(21)32-36-34-15-20(16-34)26(28)29/h1-5,11,13,18,20-21,23-24,26,32H,6-10,12,14-17,30-31H2/b11-2-,25-5+/t18-,21-,23+,24?/m0/s1. The molecule has 0 bridgehead atoms. The summed E-state index contributed by atoms with van der Waals surface area (Å²) in [6, 6.07) is 7.12. The van der Waals surface area contributed by atoms with E-state index < -0.39 is 12.3 Å². The number of benzene rings is 1. The molecule has 0 amide bonds. The highest BCUT2D eigenvalue weighted by atomic mass is 32.2. The first-order valence-corrected chi connectivity index (χ1v) is 13.6. The minimum Gasteiger partial charge on any atom is -0.405 e. The van der Waals surface area contributed by atoms with Crippen molar-refractivity contribution in [2.75, 3.05) is 32.8 Å². The normalized spacial score (nSPS) is 28.7. The van der Waals surface area contributed by atoms with Crippen LogP contribution in [0.3, 0.4) is 0 Å². The summed E-state index contributed by atoms with van der Waals surface area (Å²) < 4.78 is 51.1. The van der Waals surface area contributed by atoms with Crippen LogP contribution < -0.4 is 16.2 Å². The van der Waals surface area contributed by atoms with Crippen molar-refractivity contribution in [1.29, 1.82) is 0 Å². The van der Waals surface area contributed by atoms with Gasteiger partial charge < -0.3 is 21.1 Å². The zero-order valence-electron chi connectivity index (χ0n) is 20.6. The summed E-state index contributed by atoms with van der Waals surface area (Å²) in [6.07, 6.45) is 7.69. The molecule has 3 fully saturated rings. The zero-order valence-corrected chi connectivity index (χ0v) is 21.4. The number of ether oxygens (including phenoxy) is 1. The van der Waals surface area contributed by atoms with Crippen LogP contribution in [0.5, 0.6) is 0 Å². The molecule has 4 rings (SSSR count). The van der Waals surface area contributed by atoms with Crippen molar-refractivity contribution in [3.8, 4) is 0 Å². The Morgan fingerprint density at radius 1 is 1.17 bits per heavy atom. The van der Waals surface area contributed by atoms with Gasteiger partial charge in [0.15, 0.2) is 0 Å². The van der Waals surface area contributed by atoms with Gasteiger partial charge in [-0.05, 0) is 74.1 Å². The summed E-state index contributed by atoms with van der Waals surface area (Å²) in [7, 11) is 0. The molecule has 2 saturated heterocycles. The summed E-state index contributed by atoms with van der Waals surface area (Å²) >= 11 is 1.45. The molecule has 10 heteroatoms. The Balaban J connectivity index is 1.29. The molecule has 1 aliphatic carbocycles. The molecule has 0 aromatic heterocycles. The monoisotopic (exact) mass is 525 g/mol. The first-order chi connectivity index (χ1) is 17.4. The lowest BCUT2D eigenvalue weighted by Gasteiger charge is -2.43. The summed E-state index contributed by atoms with van der Waals surface area (Å²) in [4.78, 5) is 2.15. The molecular formula is C26H38F3N5OS. The molecule has 1 unspecified atom stereocenters. The molecule has 36 heavy (non-hydrogen) atoms. The minimum atomic E-state index is -2.25. The third kappa shape index (κ3) is 7.34. The van der Waals surface area contributed by atoms with Crippen LogP contribution in [-0.4, -0.2) is 60.6 Å². The van der Waals surface area contributed by atoms with Gasteiger partial charge in [-0.3, -0.25) is 0 Å². The second-order valence-corrected chi connectivity index (χ2v) is 11.0. The second kappa shape index (κ2) is 13.1. The molecule has 1 aromatic carbocycles. The maximum absolute atomic E-state index is 13.6. The van der Waals surface area contributed by atoms with Gasteiger partial charge in [-0.15, -0.1) is 0 Å². The van der Waals surface area contributed by atoms with Crippen LogP contribution in [0.25, 0.3) is 0 Å². The Hall–Kier alpha value is -1.88. The van der Waals surface area contributed by atoms with E-state index in [0.29, 0.717) is 31.4 Å². The van der Waals surface area contributed by atoms with Crippen molar-refractivity contribution in [1.82, 2.24) is 13.9 Å². The molecule has 1 saturated carbocycles. The Kier molecular flexibility index (Phi) is 9.87. The summed E-state index contributed by atoms with van der Waals surface area (Å²) in [5.74, 6) is 0.551. The van der Waals surface area contributed by atoms with E-state index in [-0.39, 0.29) is 23.9 Å². The second-order valence-electron chi connectivity index (χ2n) is 10.1. The van der Waals surface area contributed by atoms with E-state index in [2.05, 4.69) is 9.62 Å². The van der Waals surface area contributed by atoms with Gasteiger partial charge in [0.2, 0.25) is 6.43 Å². The molecule has 3 aliphatic rings. The molecule has 6 nitrogen and oxygen atoms in total. The molecule has 2 aliphatic heterocycles. The fourth-order valence-corrected chi connectivity index (χ4v) is 6.41. The highest BCUT2D eigenvalue weighted by molar-refractivity contribution is 7.95. The van der Waals surface area contributed by atoms with E-state index in [1.165, 1.54) is 24.4 Å². The summed E-state index contributed by atoms with van der Waals surface area (Å²) in [6.45, 7) is 2.96. The lowest BCUT2D eigenvalue weighted by molar-refractivity contribution is -0.0138. The lowest BCUT2D eigenvalue weighted by Crippen LogP contribution is -2.52. The van der Waals surface area contributed by atoms with Gasteiger partial charge in [0, 0.05) is 56.2 Å². The molecule has 200 valence electrons. The molecule has 1 aromatic rings. The van der Waals surface area contributed by atoms with Gasteiger partial charge >= 0.3 is 0 Å². The quantitative estimate of drug-likeness (QED) is 0.312. The Morgan fingerprint density at radius 3 is 2.64 bits per heavy atom. The SMILES string of the molecule is N/C=C\C=C(/N)N1CCC(NSN2CC(C(F)F)C2)[C@H](CO[C@H]2CC[C@@H](c3cccc(F)c3)CC2)C1. The molecule has 2 atom stereocenters. The molecule has 5 N–H and O–H groups in total. The number of allylic oxidation sites excluding steroid dienone is 2. The van der Waals surface area contributed by atoms with E-state index in [1.807, 2.05) is 10.4 Å². The maximum Gasteiger partial charge on any atom is 0.243 e. The van der Waals surface area contributed by atoms with Crippen LogP contribution >= 0.6 is 12.1 Å². The van der Waals surface area contributed by atoms with Crippen molar-refractivity contribution >= 4 is 12.1 Å². The first kappa shape index (κ1) is 27.2. The van der Waals surface area contributed by atoms with E-state index in [9.17, 15) is 13.2 Å². The van der Waals surface area contributed by atoms with Crippen molar-refractivity contribution in [3.05, 3.63) is 59.8 Å². The van der Waals surface area contributed by atoms with Gasteiger partial charge in [-0.1, -0.05) is 12.1 Å². The lowest BCUT2D eigenvalue weighted by atomic mass is 9.82. The number of halogens is 3. The number of rotatable bonds is 10. The van der Waals surface area contributed by atoms with E-state index in [4.69, 9.17) is 16.2 Å². The smallest absolute Gasteiger partial charge is 0.243 e. The number of piperidine rings is 1. The van der Waals surface area contributed by atoms with Crippen LogP contribution in [-0.2, 0) is 4.74 Å².